The maximum atomic E-state index is 15.0. The number of hydrogen-bond acceptors (Lipinski definition) is 3. The summed E-state index contributed by atoms with van der Waals surface area (Å²) in [6, 6.07) is 12.3. The van der Waals surface area contributed by atoms with E-state index < -0.39 is 53.7 Å². The summed E-state index contributed by atoms with van der Waals surface area (Å²) in [5.41, 5.74) is 2.68. The topological polar surface area (TPSA) is 23.6 Å². The van der Waals surface area contributed by atoms with Gasteiger partial charge in [-0.1, -0.05) is 61.5 Å². The Morgan fingerprint density at radius 3 is 2.23 bits per heavy atom. The predicted molar refractivity (Wildman–Crippen MR) is 143 cm³/mol. The summed E-state index contributed by atoms with van der Waals surface area (Å²) in [6.07, 6.45) is -2.59. The van der Waals surface area contributed by atoms with E-state index in [2.05, 4.69) is 0 Å². The van der Waals surface area contributed by atoms with E-state index in [9.17, 15) is 31.1 Å². The number of rotatable bonds is 8. The van der Waals surface area contributed by atoms with Crippen LogP contribution in [0.2, 0.25) is 0 Å². The summed E-state index contributed by atoms with van der Waals surface area (Å²) in [5, 5.41) is -1.98. The van der Waals surface area contributed by atoms with Crippen molar-refractivity contribution in [3.05, 3.63) is 76.6 Å². The molecule has 0 heterocycles. The Labute approximate surface area is 229 Å². The zero-order chi connectivity index (χ0) is 28.3. The van der Waals surface area contributed by atoms with Crippen LogP contribution < -0.4 is 4.90 Å². The molecule has 4 atom stereocenters. The fourth-order valence-electron chi connectivity index (χ4n) is 5.14. The van der Waals surface area contributed by atoms with Gasteiger partial charge in [0.2, 0.25) is 5.91 Å². The molecule has 2 aromatic rings. The van der Waals surface area contributed by atoms with Crippen LogP contribution in [0.15, 0.2) is 54.1 Å². The van der Waals surface area contributed by atoms with Crippen molar-refractivity contribution in [1.82, 2.24) is 4.31 Å². The average Bonchev–Trinajstić information content (AvgIpc) is 2.93. The molecule has 0 bridgehead atoms. The lowest BCUT2D eigenvalue weighted by Gasteiger charge is -2.32. The first-order valence-electron chi connectivity index (χ1n) is 13.1. The highest BCUT2D eigenvalue weighted by Crippen LogP contribution is 2.40. The number of alkyl halides is 3. The van der Waals surface area contributed by atoms with Crippen molar-refractivity contribution in [3.63, 3.8) is 0 Å². The Kier molecular flexibility index (Phi) is 9.69. The molecule has 212 valence electrons. The van der Waals surface area contributed by atoms with Crippen LogP contribution in [-0.2, 0) is 11.3 Å². The minimum atomic E-state index is -3.01. The van der Waals surface area contributed by atoms with Crippen LogP contribution in [0.3, 0.4) is 0 Å². The Balaban J connectivity index is 1.51. The summed E-state index contributed by atoms with van der Waals surface area (Å²) >= 11 is 0.355. The van der Waals surface area contributed by atoms with Crippen LogP contribution >= 0.6 is 11.9 Å². The van der Waals surface area contributed by atoms with E-state index in [1.165, 1.54) is 48.9 Å². The summed E-state index contributed by atoms with van der Waals surface area (Å²) in [6.45, 7) is 1.30. The molecule has 10 heteroatoms. The predicted octanol–water partition coefficient (Wildman–Crippen LogP) is 7.84. The molecule has 4 rings (SSSR count). The van der Waals surface area contributed by atoms with E-state index >= 15 is 0 Å². The summed E-state index contributed by atoms with van der Waals surface area (Å²) in [5.74, 6) is -4.42. The maximum Gasteiger partial charge on any atom is 0.242 e. The first kappa shape index (κ1) is 29.5. The molecule has 4 unspecified atom stereocenters. The maximum absolute atomic E-state index is 15.0. The molecular weight excluding hydrogens is 538 g/mol. The van der Waals surface area contributed by atoms with Gasteiger partial charge in [-0.3, -0.25) is 4.79 Å². The quantitative estimate of drug-likeness (QED) is 0.239. The van der Waals surface area contributed by atoms with Crippen LogP contribution in [0, 0.1) is 12.7 Å². The van der Waals surface area contributed by atoms with Gasteiger partial charge >= 0.3 is 0 Å². The second-order valence-electron chi connectivity index (χ2n) is 10.3. The van der Waals surface area contributed by atoms with Crippen LogP contribution in [-0.4, -0.2) is 47.6 Å². The van der Waals surface area contributed by atoms with Crippen LogP contribution in [0.4, 0.5) is 32.0 Å². The van der Waals surface area contributed by atoms with Crippen molar-refractivity contribution in [3.8, 4) is 0 Å². The molecule has 2 aromatic carbocycles. The number of carbonyl (C=O) groups is 1. The molecule has 0 spiro atoms. The van der Waals surface area contributed by atoms with Gasteiger partial charge in [-0.2, -0.15) is 0 Å². The van der Waals surface area contributed by atoms with Crippen molar-refractivity contribution >= 4 is 23.5 Å². The molecule has 1 amide bonds. The SMILES string of the molecule is Cc1ccc(N(Cc2ccc(C3CCCCC3)cc2)C(=O)CN(C)SC2C(F)=C(F)C(F)C(F)C2F)c(F)c1. The van der Waals surface area contributed by atoms with Gasteiger partial charge in [0.1, 0.15) is 11.1 Å². The Hall–Kier alpha value is -2.46. The van der Waals surface area contributed by atoms with Crippen molar-refractivity contribution in [1.29, 1.82) is 0 Å². The molecule has 0 aromatic heterocycles. The number of likely N-dealkylation sites (N-methyl/N-ethyl adjacent to an activating group) is 1. The molecule has 3 nitrogen and oxygen atoms in total. The first-order chi connectivity index (χ1) is 18.6. The molecule has 1 fully saturated rings. The number of allylic oxidation sites excluding steroid dienone is 1. The molecule has 0 N–H and O–H groups in total. The van der Waals surface area contributed by atoms with Gasteiger partial charge in [-0.05, 0) is 61.6 Å². The zero-order valence-electron chi connectivity index (χ0n) is 21.9. The van der Waals surface area contributed by atoms with Gasteiger partial charge in [0.05, 0.1) is 18.8 Å². The second-order valence-corrected chi connectivity index (χ2v) is 11.7. The lowest BCUT2D eigenvalue weighted by molar-refractivity contribution is -0.118. The molecular formula is C29H32F6N2OS. The lowest BCUT2D eigenvalue weighted by atomic mass is 9.84. The average molecular weight is 571 g/mol. The summed E-state index contributed by atoms with van der Waals surface area (Å²) in [4.78, 5) is 14.6. The van der Waals surface area contributed by atoms with Gasteiger partial charge < -0.3 is 4.90 Å². The summed E-state index contributed by atoms with van der Waals surface area (Å²) < 4.78 is 85.7. The third kappa shape index (κ3) is 6.82. The number of carbonyl (C=O) groups excluding carboxylic acids is 1. The number of amides is 1. The number of anilines is 1. The first-order valence-corrected chi connectivity index (χ1v) is 13.9. The van der Waals surface area contributed by atoms with Gasteiger partial charge in [-0.25, -0.2) is 30.6 Å². The molecule has 0 aliphatic heterocycles. The van der Waals surface area contributed by atoms with Crippen molar-refractivity contribution < 1.29 is 31.1 Å². The van der Waals surface area contributed by atoms with Crippen molar-refractivity contribution in [2.75, 3.05) is 18.5 Å². The largest absolute Gasteiger partial charge is 0.304 e. The normalized spacial score (nSPS) is 24.3. The van der Waals surface area contributed by atoms with Crippen molar-refractivity contribution in [2.45, 2.75) is 75.3 Å². The fraction of sp³-hybridized carbons (Fsp3) is 0.483. The Morgan fingerprint density at radius 2 is 1.59 bits per heavy atom. The standard InChI is InChI=1S/C29H32F6N2OS/c1-17-8-13-22(21(30)14-17)37(15-18-9-11-20(12-10-18)19-6-4-3-5-7-19)23(38)16-36(2)39-29-27(34)25(32)24(31)26(33)28(29)35/h8-14,19,24-25,27,29H,3-7,15-16H2,1-2H3. The van der Waals surface area contributed by atoms with Crippen LogP contribution in [0.5, 0.6) is 0 Å². The molecule has 2 aliphatic carbocycles. The number of aryl methyl sites for hydroxylation is 1. The van der Waals surface area contributed by atoms with E-state index in [0.717, 1.165) is 22.7 Å². The number of hydrogen-bond donors (Lipinski definition) is 0. The molecule has 2 aliphatic rings. The zero-order valence-corrected chi connectivity index (χ0v) is 22.7. The highest BCUT2D eigenvalue weighted by molar-refractivity contribution is 7.97. The highest BCUT2D eigenvalue weighted by atomic mass is 32.2. The number of halogens is 6. The van der Waals surface area contributed by atoms with Crippen LogP contribution in [0.25, 0.3) is 0 Å². The third-order valence-electron chi connectivity index (χ3n) is 7.34. The van der Waals surface area contributed by atoms with E-state index in [1.807, 2.05) is 24.3 Å². The molecule has 1 saturated carbocycles. The minimum absolute atomic E-state index is 0.0302. The molecule has 0 radical (unpaired) electrons. The van der Waals surface area contributed by atoms with E-state index in [-0.39, 0.29) is 12.2 Å². The van der Waals surface area contributed by atoms with Gasteiger partial charge in [-0.15, -0.1) is 0 Å². The highest BCUT2D eigenvalue weighted by Gasteiger charge is 2.48. The number of benzene rings is 2. The second kappa shape index (κ2) is 12.8. The molecule has 0 saturated heterocycles. The van der Waals surface area contributed by atoms with E-state index in [0.29, 0.717) is 23.4 Å². The van der Waals surface area contributed by atoms with Gasteiger partial charge in [0, 0.05) is 0 Å². The van der Waals surface area contributed by atoms with Gasteiger partial charge in [0.15, 0.2) is 30.2 Å². The molecule has 39 heavy (non-hydrogen) atoms. The number of nitrogens with zero attached hydrogens (tertiary/aromatic N) is 2. The van der Waals surface area contributed by atoms with Crippen molar-refractivity contribution in [2.24, 2.45) is 0 Å². The van der Waals surface area contributed by atoms with Crippen LogP contribution in [0.1, 0.15) is 54.7 Å². The lowest BCUT2D eigenvalue weighted by Crippen LogP contribution is -2.44. The summed E-state index contributed by atoms with van der Waals surface area (Å²) in [7, 11) is 1.32. The smallest absolute Gasteiger partial charge is 0.242 e. The monoisotopic (exact) mass is 570 g/mol. The third-order valence-corrected chi connectivity index (χ3v) is 8.52. The van der Waals surface area contributed by atoms with E-state index in [1.54, 1.807) is 13.0 Å². The Bertz CT molecular complexity index is 1190. The van der Waals surface area contributed by atoms with E-state index in [4.69, 9.17) is 0 Å². The minimum Gasteiger partial charge on any atom is -0.304 e. The van der Waals surface area contributed by atoms with Gasteiger partial charge in [0.25, 0.3) is 0 Å². The Morgan fingerprint density at radius 1 is 0.923 bits per heavy atom. The fourth-order valence-corrected chi connectivity index (χ4v) is 6.18.